The van der Waals surface area contributed by atoms with Crippen molar-refractivity contribution in [3.63, 3.8) is 0 Å². The molecule has 0 fully saturated rings. The third-order valence-electron chi connectivity index (χ3n) is 3.51. The number of aromatic nitrogens is 1. The summed E-state index contributed by atoms with van der Waals surface area (Å²) >= 11 is 0. The number of ether oxygens (including phenoxy) is 1. The van der Waals surface area contributed by atoms with Gasteiger partial charge in [-0.2, -0.15) is 0 Å². The Hall–Kier alpha value is -2.10. The molecule has 0 bridgehead atoms. The molecule has 0 atom stereocenters. The van der Waals surface area contributed by atoms with E-state index >= 15 is 0 Å². The first-order valence-corrected chi connectivity index (χ1v) is 7.17. The first kappa shape index (κ1) is 15.3. The molecule has 1 heterocycles. The van der Waals surface area contributed by atoms with Crippen LogP contribution in [0.15, 0.2) is 36.4 Å². The number of rotatable bonds is 6. The lowest BCUT2D eigenvalue weighted by molar-refractivity contribution is 0.0588. The summed E-state index contributed by atoms with van der Waals surface area (Å²) in [7, 11) is 1.38. The molecule has 0 N–H and O–H groups in total. The average molecular weight is 289 g/mol. The summed E-state index contributed by atoms with van der Waals surface area (Å²) in [6, 6.07) is 10.1. The summed E-state index contributed by atoms with van der Waals surface area (Å²) in [6.45, 7) is 2.67. The van der Waals surface area contributed by atoms with Crippen LogP contribution in [0.4, 0.5) is 4.39 Å². The van der Waals surface area contributed by atoms with Gasteiger partial charge in [0.2, 0.25) is 0 Å². The van der Waals surface area contributed by atoms with Crippen LogP contribution in [-0.4, -0.2) is 17.6 Å². The molecule has 0 aliphatic carbocycles. The van der Waals surface area contributed by atoms with Crippen molar-refractivity contribution >= 4 is 5.97 Å². The summed E-state index contributed by atoms with van der Waals surface area (Å²) in [5, 5.41) is 0. The van der Waals surface area contributed by atoms with Gasteiger partial charge in [0, 0.05) is 12.2 Å². The number of unbranched alkanes of at least 4 members (excludes halogenated alkanes) is 1. The smallest absolute Gasteiger partial charge is 0.354 e. The van der Waals surface area contributed by atoms with Gasteiger partial charge in [-0.15, -0.1) is 0 Å². The van der Waals surface area contributed by atoms with Crippen molar-refractivity contribution in [2.24, 2.45) is 0 Å². The van der Waals surface area contributed by atoms with E-state index in [2.05, 4.69) is 6.92 Å². The zero-order valence-electron chi connectivity index (χ0n) is 12.4. The Labute approximate surface area is 124 Å². The lowest BCUT2D eigenvalue weighted by Crippen LogP contribution is -2.14. The fourth-order valence-electron chi connectivity index (χ4n) is 2.33. The van der Waals surface area contributed by atoms with Crippen LogP contribution in [0.3, 0.4) is 0 Å². The van der Waals surface area contributed by atoms with Crippen molar-refractivity contribution in [1.29, 1.82) is 0 Å². The molecule has 0 amide bonds. The molecule has 2 rings (SSSR count). The molecule has 0 saturated carbocycles. The monoisotopic (exact) mass is 289 g/mol. The van der Waals surface area contributed by atoms with Gasteiger partial charge in [0.25, 0.3) is 0 Å². The van der Waals surface area contributed by atoms with Crippen LogP contribution in [0.2, 0.25) is 0 Å². The van der Waals surface area contributed by atoms with Crippen molar-refractivity contribution in [1.82, 2.24) is 4.57 Å². The van der Waals surface area contributed by atoms with Crippen molar-refractivity contribution in [3.8, 4) is 0 Å². The molecule has 0 aliphatic rings. The molecular formula is C17H20FNO2. The molecule has 0 spiro atoms. The van der Waals surface area contributed by atoms with E-state index in [1.807, 2.05) is 10.6 Å². The maximum Gasteiger partial charge on any atom is 0.354 e. The van der Waals surface area contributed by atoms with E-state index in [4.69, 9.17) is 4.74 Å². The number of carbonyl (C=O) groups is 1. The minimum absolute atomic E-state index is 0.259. The second-order valence-corrected chi connectivity index (χ2v) is 5.02. The third kappa shape index (κ3) is 3.72. The molecule has 1 aromatic carbocycles. The maximum atomic E-state index is 13.0. The van der Waals surface area contributed by atoms with Crippen LogP contribution >= 0.6 is 0 Å². The Kier molecular flexibility index (Phi) is 5.14. The van der Waals surface area contributed by atoms with E-state index in [9.17, 15) is 9.18 Å². The Morgan fingerprint density at radius 3 is 2.52 bits per heavy atom. The molecule has 3 nitrogen and oxygen atoms in total. The number of halogens is 1. The number of benzene rings is 1. The highest BCUT2D eigenvalue weighted by atomic mass is 19.1. The molecule has 112 valence electrons. The highest BCUT2D eigenvalue weighted by Crippen LogP contribution is 2.16. The second-order valence-electron chi connectivity index (χ2n) is 5.02. The van der Waals surface area contributed by atoms with Crippen LogP contribution in [0.1, 0.15) is 41.5 Å². The Bertz CT molecular complexity index is 602. The van der Waals surface area contributed by atoms with Crippen molar-refractivity contribution in [3.05, 3.63) is 59.2 Å². The summed E-state index contributed by atoms with van der Waals surface area (Å²) < 4.78 is 19.8. The van der Waals surface area contributed by atoms with Gasteiger partial charge in [0.1, 0.15) is 11.5 Å². The molecule has 0 aliphatic heterocycles. The zero-order valence-corrected chi connectivity index (χ0v) is 12.4. The fraction of sp³-hybridized carbons (Fsp3) is 0.353. The number of esters is 1. The van der Waals surface area contributed by atoms with Gasteiger partial charge < -0.3 is 9.30 Å². The predicted molar refractivity (Wildman–Crippen MR) is 79.9 cm³/mol. The van der Waals surface area contributed by atoms with E-state index in [0.29, 0.717) is 12.2 Å². The van der Waals surface area contributed by atoms with Crippen LogP contribution in [0.5, 0.6) is 0 Å². The summed E-state index contributed by atoms with van der Waals surface area (Å²) in [4.78, 5) is 11.9. The lowest BCUT2D eigenvalue weighted by Gasteiger charge is -2.12. The topological polar surface area (TPSA) is 31.2 Å². The van der Waals surface area contributed by atoms with Crippen LogP contribution in [0, 0.1) is 5.82 Å². The SMILES string of the molecule is CCCCc1ccc(C(=O)OC)n1Cc1ccc(F)cc1. The number of methoxy groups -OCH3 is 1. The van der Waals surface area contributed by atoms with Crippen LogP contribution in [-0.2, 0) is 17.7 Å². The lowest BCUT2D eigenvalue weighted by atomic mass is 10.2. The van der Waals surface area contributed by atoms with E-state index in [-0.39, 0.29) is 11.8 Å². The van der Waals surface area contributed by atoms with Gasteiger partial charge in [0.15, 0.2) is 0 Å². The van der Waals surface area contributed by atoms with Gasteiger partial charge in [-0.3, -0.25) is 0 Å². The van der Waals surface area contributed by atoms with E-state index in [1.54, 1.807) is 18.2 Å². The van der Waals surface area contributed by atoms with E-state index in [0.717, 1.165) is 30.5 Å². The first-order valence-electron chi connectivity index (χ1n) is 7.17. The first-order chi connectivity index (χ1) is 10.2. The summed E-state index contributed by atoms with van der Waals surface area (Å²) in [5.74, 6) is -0.606. The quantitative estimate of drug-likeness (QED) is 0.757. The minimum atomic E-state index is -0.347. The van der Waals surface area contributed by atoms with E-state index in [1.165, 1.54) is 19.2 Å². The molecule has 1 aromatic heterocycles. The molecule has 0 saturated heterocycles. The normalized spacial score (nSPS) is 10.6. The molecular weight excluding hydrogens is 269 g/mol. The van der Waals surface area contributed by atoms with Crippen molar-refractivity contribution in [2.45, 2.75) is 32.7 Å². The van der Waals surface area contributed by atoms with Crippen LogP contribution in [0.25, 0.3) is 0 Å². The highest BCUT2D eigenvalue weighted by Gasteiger charge is 2.15. The van der Waals surface area contributed by atoms with Gasteiger partial charge in [-0.25, -0.2) is 9.18 Å². The van der Waals surface area contributed by atoms with Gasteiger partial charge in [0.05, 0.1) is 7.11 Å². The minimum Gasteiger partial charge on any atom is -0.464 e. The Balaban J connectivity index is 2.30. The van der Waals surface area contributed by atoms with Gasteiger partial charge in [-0.1, -0.05) is 25.5 Å². The molecule has 0 unspecified atom stereocenters. The number of carbonyl (C=O) groups excluding carboxylic acids is 1. The molecule has 21 heavy (non-hydrogen) atoms. The second kappa shape index (κ2) is 7.07. The van der Waals surface area contributed by atoms with E-state index < -0.39 is 0 Å². The zero-order chi connectivity index (χ0) is 15.2. The molecule has 0 radical (unpaired) electrons. The largest absolute Gasteiger partial charge is 0.464 e. The number of nitrogens with zero attached hydrogens (tertiary/aromatic N) is 1. The Morgan fingerprint density at radius 1 is 1.19 bits per heavy atom. The summed E-state index contributed by atoms with van der Waals surface area (Å²) in [6.07, 6.45) is 3.07. The maximum absolute atomic E-state index is 13.0. The molecule has 4 heteroatoms. The fourth-order valence-corrected chi connectivity index (χ4v) is 2.33. The van der Waals surface area contributed by atoms with Gasteiger partial charge >= 0.3 is 5.97 Å². The van der Waals surface area contributed by atoms with Gasteiger partial charge in [-0.05, 0) is 42.7 Å². The third-order valence-corrected chi connectivity index (χ3v) is 3.51. The van der Waals surface area contributed by atoms with Crippen molar-refractivity contribution in [2.75, 3.05) is 7.11 Å². The number of aryl methyl sites for hydroxylation is 1. The summed E-state index contributed by atoms with van der Waals surface area (Å²) in [5.41, 5.74) is 2.59. The highest BCUT2D eigenvalue weighted by molar-refractivity contribution is 5.87. The number of hydrogen-bond donors (Lipinski definition) is 0. The average Bonchev–Trinajstić information content (AvgIpc) is 2.89. The molecule has 2 aromatic rings. The van der Waals surface area contributed by atoms with Crippen LogP contribution < -0.4 is 0 Å². The Morgan fingerprint density at radius 2 is 1.90 bits per heavy atom. The van der Waals surface area contributed by atoms with Crippen molar-refractivity contribution < 1.29 is 13.9 Å². The standard InChI is InChI=1S/C17H20FNO2/c1-3-4-5-15-10-11-16(17(20)21-2)19(15)12-13-6-8-14(18)9-7-13/h6-11H,3-5,12H2,1-2H3. The number of hydrogen-bond acceptors (Lipinski definition) is 2. The predicted octanol–water partition coefficient (Wildman–Crippen LogP) is 3.80.